The van der Waals surface area contributed by atoms with Crippen LogP contribution in [0.25, 0.3) is 0 Å². The minimum absolute atomic E-state index is 0.939. The van der Waals surface area contributed by atoms with Gasteiger partial charge in [-0.3, -0.25) is 0 Å². The monoisotopic (exact) mass is 268 g/mol. The number of hydrogen-bond acceptors (Lipinski definition) is 5. The first kappa shape index (κ1) is 13.8. The highest BCUT2D eigenvalue weighted by atomic mass is 32.1. The van der Waals surface area contributed by atoms with Gasteiger partial charge in [-0.1, -0.05) is 6.92 Å². The van der Waals surface area contributed by atoms with E-state index in [0.29, 0.717) is 0 Å². The largest absolute Gasteiger partial charge is 0.350 e. The van der Waals surface area contributed by atoms with Gasteiger partial charge in [0.25, 0.3) is 0 Å². The fourth-order valence-electron chi connectivity index (χ4n) is 2.20. The Morgan fingerprint density at radius 2 is 2.22 bits per heavy atom. The molecule has 1 saturated heterocycles. The summed E-state index contributed by atoms with van der Waals surface area (Å²) in [5, 5.41) is 4.48. The molecule has 5 heteroatoms. The normalized spacial score (nSPS) is 16.3. The molecule has 0 saturated carbocycles. The summed E-state index contributed by atoms with van der Waals surface area (Å²) in [5.74, 6) is 0. The molecular formula is C13H24N4S. The van der Waals surface area contributed by atoms with Crippen LogP contribution in [0.5, 0.6) is 0 Å². The second-order valence-corrected chi connectivity index (χ2v) is 5.95. The maximum atomic E-state index is 4.50. The standard InChI is InChI=1S/C13H24N4S/c1-3-14-10-12-11-15-13(18-12)16(2)8-9-17-6-4-5-7-17/h11,14H,3-10H2,1-2H3. The summed E-state index contributed by atoms with van der Waals surface area (Å²) in [5.41, 5.74) is 0. The number of anilines is 1. The van der Waals surface area contributed by atoms with E-state index < -0.39 is 0 Å². The van der Waals surface area contributed by atoms with E-state index in [1.165, 1.54) is 37.4 Å². The number of nitrogens with zero attached hydrogens (tertiary/aromatic N) is 3. The Balaban J connectivity index is 1.76. The lowest BCUT2D eigenvalue weighted by molar-refractivity contribution is 0.346. The highest BCUT2D eigenvalue weighted by Crippen LogP contribution is 2.21. The van der Waals surface area contributed by atoms with Crippen molar-refractivity contribution in [2.75, 3.05) is 44.7 Å². The van der Waals surface area contributed by atoms with Crippen LogP contribution in [0.15, 0.2) is 6.20 Å². The van der Waals surface area contributed by atoms with E-state index in [1.54, 1.807) is 11.3 Å². The first-order chi connectivity index (χ1) is 8.79. The number of aromatic nitrogens is 1. The second-order valence-electron chi connectivity index (χ2n) is 4.86. The lowest BCUT2D eigenvalue weighted by Gasteiger charge is -2.20. The molecule has 0 amide bonds. The minimum atomic E-state index is 0.939. The van der Waals surface area contributed by atoms with Crippen LogP contribution in [-0.4, -0.2) is 49.7 Å². The zero-order valence-corrected chi connectivity index (χ0v) is 12.3. The summed E-state index contributed by atoms with van der Waals surface area (Å²) < 4.78 is 0. The summed E-state index contributed by atoms with van der Waals surface area (Å²) in [6.45, 7) is 8.87. The molecular weight excluding hydrogens is 244 g/mol. The first-order valence-electron chi connectivity index (χ1n) is 6.88. The number of likely N-dealkylation sites (tertiary alicyclic amines) is 1. The summed E-state index contributed by atoms with van der Waals surface area (Å²) in [6, 6.07) is 0. The van der Waals surface area contributed by atoms with Crippen molar-refractivity contribution in [1.82, 2.24) is 15.2 Å². The zero-order chi connectivity index (χ0) is 12.8. The lowest BCUT2D eigenvalue weighted by Crippen LogP contribution is -2.31. The number of likely N-dealkylation sites (N-methyl/N-ethyl adjacent to an activating group) is 1. The molecule has 4 nitrogen and oxygen atoms in total. The quantitative estimate of drug-likeness (QED) is 0.817. The van der Waals surface area contributed by atoms with Gasteiger partial charge < -0.3 is 15.1 Å². The molecule has 2 rings (SSSR count). The third-order valence-corrected chi connectivity index (χ3v) is 4.48. The maximum Gasteiger partial charge on any atom is 0.185 e. The first-order valence-corrected chi connectivity index (χ1v) is 7.70. The number of hydrogen-bond donors (Lipinski definition) is 1. The Labute approximate surface area is 114 Å². The van der Waals surface area contributed by atoms with Gasteiger partial charge in [0.2, 0.25) is 0 Å². The summed E-state index contributed by atoms with van der Waals surface area (Å²) in [4.78, 5) is 10.6. The van der Waals surface area contributed by atoms with Crippen molar-refractivity contribution in [3.63, 3.8) is 0 Å². The van der Waals surface area contributed by atoms with E-state index in [9.17, 15) is 0 Å². The van der Waals surface area contributed by atoms with E-state index >= 15 is 0 Å². The third-order valence-electron chi connectivity index (χ3n) is 3.37. The molecule has 0 aliphatic carbocycles. The topological polar surface area (TPSA) is 31.4 Å². The van der Waals surface area contributed by atoms with E-state index in [2.05, 4.69) is 34.1 Å². The van der Waals surface area contributed by atoms with Crippen LogP contribution >= 0.6 is 11.3 Å². The fourth-order valence-corrected chi connectivity index (χ4v) is 3.06. The Hall–Kier alpha value is -0.650. The zero-order valence-electron chi connectivity index (χ0n) is 11.5. The SMILES string of the molecule is CCNCc1cnc(N(C)CCN2CCCC2)s1. The molecule has 102 valence electrons. The molecule has 0 atom stereocenters. The molecule has 2 heterocycles. The third kappa shape index (κ3) is 3.93. The Morgan fingerprint density at radius 3 is 2.94 bits per heavy atom. The van der Waals surface area contributed by atoms with Crippen LogP contribution < -0.4 is 10.2 Å². The molecule has 1 N–H and O–H groups in total. The van der Waals surface area contributed by atoms with Crippen molar-refractivity contribution in [1.29, 1.82) is 0 Å². The predicted octanol–water partition coefficient (Wildman–Crippen LogP) is 1.78. The van der Waals surface area contributed by atoms with Crippen LogP contribution in [0.1, 0.15) is 24.6 Å². The highest BCUT2D eigenvalue weighted by Gasteiger charge is 2.13. The molecule has 1 aliphatic rings. The van der Waals surface area contributed by atoms with Gasteiger partial charge in [-0.15, -0.1) is 11.3 Å². The van der Waals surface area contributed by atoms with Crippen LogP contribution in [0.2, 0.25) is 0 Å². The van der Waals surface area contributed by atoms with Crippen molar-refractivity contribution in [3.8, 4) is 0 Å². The average molecular weight is 268 g/mol. The van der Waals surface area contributed by atoms with Gasteiger partial charge >= 0.3 is 0 Å². The van der Waals surface area contributed by atoms with Crippen molar-refractivity contribution >= 4 is 16.5 Å². The van der Waals surface area contributed by atoms with Gasteiger partial charge in [0, 0.05) is 37.8 Å². The van der Waals surface area contributed by atoms with Crippen molar-refractivity contribution in [3.05, 3.63) is 11.1 Å². The maximum absolute atomic E-state index is 4.50. The van der Waals surface area contributed by atoms with Crippen molar-refractivity contribution in [2.24, 2.45) is 0 Å². The summed E-state index contributed by atoms with van der Waals surface area (Å²) in [7, 11) is 2.14. The second kappa shape index (κ2) is 7.07. The van der Waals surface area contributed by atoms with Crippen molar-refractivity contribution in [2.45, 2.75) is 26.3 Å². The number of rotatable bonds is 7. The van der Waals surface area contributed by atoms with Gasteiger partial charge in [-0.05, 0) is 32.5 Å². The smallest absolute Gasteiger partial charge is 0.185 e. The van der Waals surface area contributed by atoms with Crippen LogP contribution in [0, 0.1) is 0 Å². The molecule has 0 spiro atoms. The Kier molecular flexibility index (Phi) is 5.41. The molecule has 0 aromatic carbocycles. The predicted molar refractivity (Wildman–Crippen MR) is 78.4 cm³/mol. The molecule has 1 aliphatic heterocycles. The van der Waals surface area contributed by atoms with Gasteiger partial charge in [0.05, 0.1) is 0 Å². The van der Waals surface area contributed by atoms with Crippen LogP contribution in [0.4, 0.5) is 5.13 Å². The van der Waals surface area contributed by atoms with E-state index in [1.807, 2.05) is 6.20 Å². The van der Waals surface area contributed by atoms with Gasteiger partial charge in [0.15, 0.2) is 5.13 Å². The summed E-state index contributed by atoms with van der Waals surface area (Å²) >= 11 is 1.80. The highest BCUT2D eigenvalue weighted by molar-refractivity contribution is 7.15. The molecule has 18 heavy (non-hydrogen) atoms. The average Bonchev–Trinajstić information content (AvgIpc) is 3.04. The number of thiazole rings is 1. The van der Waals surface area contributed by atoms with E-state index in [4.69, 9.17) is 0 Å². The Morgan fingerprint density at radius 1 is 1.44 bits per heavy atom. The summed E-state index contributed by atoms with van der Waals surface area (Å²) in [6.07, 6.45) is 4.73. The molecule has 1 aromatic rings. The molecule has 0 radical (unpaired) electrons. The minimum Gasteiger partial charge on any atom is -0.350 e. The van der Waals surface area contributed by atoms with Crippen LogP contribution in [-0.2, 0) is 6.54 Å². The van der Waals surface area contributed by atoms with Gasteiger partial charge in [0.1, 0.15) is 0 Å². The molecule has 0 unspecified atom stereocenters. The molecule has 1 fully saturated rings. The number of nitrogens with one attached hydrogen (secondary N) is 1. The van der Waals surface area contributed by atoms with Crippen LogP contribution in [0.3, 0.4) is 0 Å². The lowest BCUT2D eigenvalue weighted by atomic mass is 10.4. The molecule has 0 bridgehead atoms. The van der Waals surface area contributed by atoms with Gasteiger partial charge in [-0.25, -0.2) is 4.98 Å². The fraction of sp³-hybridized carbons (Fsp3) is 0.769. The van der Waals surface area contributed by atoms with E-state index in [0.717, 1.165) is 24.8 Å². The van der Waals surface area contributed by atoms with E-state index in [-0.39, 0.29) is 0 Å². The van der Waals surface area contributed by atoms with Gasteiger partial charge in [-0.2, -0.15) is 0 Å². The van der Waals surface area contributed by atoms with Crippen molar-refractivity contribution < 1.29 is 0 Å². The molecule has 1 aromatic heterocycles. The Bertz CT molecular complexity index is 347.